The standard InChI is InChI=1S/C21H22N4O4/c1-27-18-7-5-15(14-19(18)28-2)21(26)25-11-9-24(10-12-25)20-8-6-16(22-23-20)17-4-3-13-29-17/h3-8,13-14H,9-12H2,1-2H3. The highest BCUT2D eigenvalue weighted by atomic mass is 16.5. The molecule has 0 spiro atoms. The quantitative estimate of drug-likeness (QED) is 0.658. The van der Waals surface area contributed by atoms with E-state index in [1.165, 1.54) is 0 Å². The van der Waals surface area contributed by atoms with Crippen molar-refractivity contribution in [3.8, 4) is 23.0 Å². The second kappa shape index (κ2) is 8.22. The molecule has 3 aromatic rings. The van der Waals surface area contributed by atoms with Crippen LogP contribution in [0, 0.1) is 0 Å². The predicted octanol–water partition coefficient (Wildman–Crippen LogP) is 2.72. The van der Waals surface area contributed by atoms with Crippen LogP contribution >= 0.6 is 0 Å². The summed E-state index contributed by atoms with van der Waals surface area (Å²) in [5.74, 6) is 2.60. The van der Waals surface area contributed by atoms with Gasteiger partial charge < -0.3 is 23.7 Å². The monoisotopic (exact) mass is 394 g/mol. The summed E-state index contributed by atoms with van der Waals surface area (Å²) in [7, 11) is 3.13. The number of nitrogens with zero attached hydrogens (tertiary/aromatic N) is 4. The molecule has 1 saturated heterocycles. The molecule has 1 aromatic carbocycles. The van der Waals surface area contributed by atoms with Gasteiger partial charge in [0.05, 0.1) is 20.5 Å². The summed E-state index contributed by atoms with van der Waals surface area (Å²) in [5, 5.41) is 8.55. The van der Waals surface area contributed by atoms with E-state index in [1.807, 2.05) is 29.2 Å². The molecule has 29 heavy (non-hydrogen) atoms. The van der Waals surface area contributed by atoms with Gasteiger partial charge in [-0.05, 0) is 42.5 Å². The summed E-state index contributed by atoms with van der Waals surface area (Å²) in [6.07, 6.45) is 1.61. The van der Waals surface area contributed by atoms with Gasteiger partial charge in [-0.15, -0.1) is 10.2 Å². The third-order valence-electron chi connectivity index (χ3n) is 4.95. The largest absolute Gasteiger partial charge is 0.493 e. The normalized spacial score (nSPS) is 14.0. The summed E-state index contributed by atoms with van der Waals surface area (Å²) < 4.78 is 15.9. The topological polar surface area (TPSA) is 80.9 Å². The van der Waals surface area contributed by atoms with Crippen LogP contribution in [0.1, 0.15) is 10.4 Å². The zero-order valence-corrected chi connectivity index (χ0v) is 16.4. The Hall–Kier alpha value is -3.55. The number of benzene rings is 1. The van der Waals surface area contributed by atoms with Crippen LogP contribution in [0.3, 0.4) is 0 Å². The van der Waals surface area contributed by atoms with Crippen LogP contribution in [0.5, 0.6) is 11.5 Å². The molecule has 0 radical (unpaired) electrons. The van der Waals surface area contributed by atoms with E-state index in [0.717, 1.165) is 5.82 Å². The number of hydrogen-bond donors (Lipinski definition) is 0. The number of anilines is 1. The van der Waals surface area contributed by atoms with Crippen molar-refractivity contribution in [1.82, 2.24) is 15.1 Å². The van der Waals surface area contributed by atoms with Gasteiger partial charge in [0, 0.05) is 31.7 Å². The van der Waals surface area contributed by atoms with Crippen LogP contribution < -0.4 is 14.4 Å². The zero-order chi connectivity index (χ0) is 20.2. The first-order valence-electron chi connectivity index (χ1n) is 9.33. The Bertz CT molecular complexity index is 965. The molecular weight excluding hydrogens is 372 g/mol. The minimum atomic E-state index is -0.0233. The van der Waals surface area contributed by atoms with Crippen LogP contribution in [0.25, 0.3) is 11.5 Å². The van der Waals surface area contributed by atoms with E-state index in [2.05, 4.69) is 15.1 Å². The fourth-order valence-corrected chi connectivity index (χ4v) is 3.34. The number of rotatable bonds is 5. The highest BCUT2D eigenvalue weighted by Crippen LogP contribution is 2.28. The number of ether oxygens (including phenoxy) is 2. The van der Waals surface area contributed by atoms with Crippen LogP contribution in [0.15, 0.2) is 53.1 Å². The lowest BCUT2D eigenvalue weighted by Crippen LogP contribution is -2.49. The molecular formula is C21H22N4O4. The summed E-state index contributed by atoms with van der Waals surface area (Å²) in [4.78, 5) is 16.8. The van der Waals surface area contributed by atoms with Crippen LogP contribution in [-0.4, -0.2) is 61.4 Å². The molecule has 0 N–H and O–H groups in total. The van der Waals surface area contributed by atoms with E-state index < -0.39 is 0 Å². The number of aromatic nitrogens is 2. The van der Waals surface area contributed by atoms with Gasteiger partial charge in [-0.3, -0.25) is 4.79 Å². The van der Waals surface area contributed by atoms with Gasteiger partial charge in [0.25, 0.3) is 5.91 Å². The number of carbonyl (C=O) groups is 1. The number of methoxy groups -OCH3 is 2. The van der Waals surface area contributed by atoms with Crippen molar-refractivity contribution in [1.29, 1.82) is 0 Å². The molecule has 1 amide bonds. The van der Waals surface area contributed by atoms with Crippen molar-refractivity contribution >= 4 is 11.7 Å². The predicted molar refractivity (Wildman–Crippen MR) is 107 cm³/mol. The highest BCUT2D eigenvalue weighted by molar-refractivity contribution is 5.95. The SMILES string of the molecule is COc1ccc(C(=O)N2CCN(c3ccc(-c4ccco4)nn3)CC2)cc1OC. The Morgan fingerprint density at radius 1 is 0.966 bits per heavy atom. The van der Waals surface area contributed by atoms with E-state index in [-0.39, 0.29) is 5.91 Å². The molecule has 1 aliphatic heterocycles. The van der Waals surface area contributed by atoms with Crippen molar-refractivity contribution in [2.75, 3.05) is 45.3 Å². The van der Waals surface area contributed by atoms with Crippen molar-refractivity contribution in [3.05, 3.63) is 54.3 Å². The summed E-state index contributed by atoms with van der Waals surface area (Å²) >= 11 is 0. The minimum absolute atomic E-state index is 0.0233. The third kappa shape index (κ3) is 3.87. The van der Waals surface area contributed by atoms with Crippen molar-refractivity contribution in [2.45, 2.75) is 0 Å². The molecule has 0 saturated carbocycles. The zero-order valence-electron chi connectivity index (χ0n) is 16.4. The van der Waals surface area contributed by atoms with Gasteiger partial charge in [-0.2, -0.15) is 0 Å². The van der Waals surface area contributed by atoms with Crippen molar-refractivity contribution in [3.63, 3.8) is 0 Å². The van der Waals surface area contributed by atoms with Crippen LogP contribution in [-0.2, 0) is 0 Å². The average Bonchev–Trinajstić information content (AvgIpc) is 3.33. The van der Waals surface area contributed by atoms with Crippen molar-refractivity contribution < 1.29 is 18.7 Å². The Morgan fingerprint density at radius 2 is 1.76 bits per heavy atom. The maximum absolute atomic E-state index is 12.9. The second-order valence-corrected chi connectivity index (χ2v) is 6.60. The lowest BCUT2D eigenvalue weighted by atomic mass is 10.1. The Balaban J connectivity index is 1.39. The van der Waals surface area contributed by atoms with Crippen LogP contribution in [0.2, 0.25) is 0 Å². The van der Waals surface area contributed by atoms with Gasteiger partial charge in [0.2, 0.25) is 0 Å². The fourth-order valence-electron chi connectivity index (χ4n) is 3.34. The maximum atomic E-state index is 12.9. The lowest BCUT2D eigenvalue weighted by Gasteiger charge is -2.35. The number of piperazine rings is 1. The first-order valence-corrected chi connectivity index (χ1v) is 9.33. The first kappa shape index (κ1) is 18.8. The fraction of sp³-hybridized carbons (Fsp3) is 0.286. The number of furan rings is 1. The van der Waals surface area contributed by atoms with Gasteiger partial charge in [0.1, 0.15) is 5.69 Å². The number of carbonyl (C=O) groups excluding carboxylic acids is 1. The highest BCUT2D eigenvalue weighted by Gasteiger charge is 2.24. The lowest BCUT2D eigenvalue weighted by molar-refractivity contribution is 0.0746. The molecule has 150 valence electrons. The van der Waals surface area contributed by atoms with E-state index >= 15 is 0 Å². The Labute approximate surface area is 168 Å². The number of hydrogen-bond acceptors (Lipinski definition) is 7. The minimum Gasteiger partial charge on any atom is -0.493 e. The molecule has 2 aromatic heterocycles. The van der Waals surface area contributed by atoms with E-state index in [9.17, 15) is 4.79 Å². The smallest absolute Gasteiger partial charge is 0.254 e. The third-order valence-corrected chi connectivity index (χ3v) is 4.95. The molecule has 4 rings (SSSR count). The second-order valence-electron chi connectivity index (χ2n) is 6.60. The molecule has 8 heteroatoms. The molecule has 1 aliphatic rings. The molecule has 1 fully saturated rings. The Kier molecular flexibility index (Phi) is 5.33. The van der Waals surface area contributed by atoms with E-state index in [1.54, 1.807) is 38.7 Å². The molecule has 8 nitrogen and oxygen atoms in total. The summed E-state index contributed by atoms with van der Waals surface area (Å²) in [6, 6.07) is 12.7. The summed E-state index contributed by atoms with van der Waals surface area (Å²) in [5.41, 5.74) is 1.28. The van der Waals surface area contributed by atoms with E-state index in [0.29, 0.717) is 54.7 Å². The van der Waals surface area contributed by atoms with E-state index in [4.69, 9.17) is 13.9 Å². The molecule has 0 unspecified atom stereocenters. The van der Waals surface area contributed by atoms with Crippen molar-refractivity contribution in [2.24, 2.45) is 0 Å². The van der Waals surface area contributed by atoms with Crippen LogP contribution in [0.4, 0.5) is 5.82 Å². The van der Waals surface area contributed by atoms with Gasteiger partial charge in [-0.1, -0.05) is 0 Å². The van der Waals surface area contributed by atoms with Gasteiger partial charge >= 0.3 is 0 Å². The average molecular weight is 394 g/mol. The number of amides is 1. The maximum Gasteiger partial charge on any atom is 0.254 e. The molecule has 3 heterocycles. The van der Waals surface area contributed by atoms with Gasteiger partial charge in [-0.25, -0.2) is 0 Å². The molecule has 0 aliphatic carbocycles. The first-order chi connectivity index (χ1) is 14.2. The summed E-state index contributed by atoms with van der Waals surface area (Å²) in [6.45, 7) is 2.59. The molecule has 0 bridgehead atoms. The Morgan fingerprint density at radius 3 is 2.38 bits per heavy atom. The van der Waals surface area contributed by atoms with Gasteiger partial charge in [0.15, 0.2) is 23.1 Å². The molecule has 0 atom stereocenters.